The topological polar surface area (TPSA) is 105 Å². The van der Waals surface area contributed by atoms with E-state index in [0.717, 1.165) is 97.7 Å². The van der Waals surface area contributed by atoms with E-state index in [9.17, 15) is 4.79 Å². The lowest BCUT2D eigenvalue weighted by atomic mass is 9.70. The average molecular weight is 1190 g/mol. The van der Waals surface area contributed by atoms with Crippen molar-refractivity contribution < 1.29 is 38.1 Å². The maximum atomic E-state index is 15.5. The fourth-order valence-electron chi connectivity index (χ4n) is 9.47. The monoisotopic (exact) mass is 1190 g/mol. The minimum absolute atomic E-state index is 0.0775. The fraction of sp³-hybridized carbons (Fsp3) is 0.607. The molecular weight excluding hydrogens is 1120 g/mol. The van der Waals surface area contributed by atoms with Crippen molar-refractivity contribution in [2.75, 3.05) is 26.4 Å². The summed E-state index contributed by atoms with van der Waals surface area (Å²) < 4.78 is 24.7. The zero-order valence-electron chi connectivity index (χ0n) is 41.7. The highest BCUT2D eigenvalue weighted by atomic mass is 79.9. The Morgan fingerprint density at radius 2 is 0.926 bits per heavy atom. The number of halogens is 4. The van der Waals surface area contributed by atoms with Crippen LogP contribution in [0.25, 0.3) is 37.9 Å². The summed E-state index contributed by atoms with van der Waals surface area (Å²) in [6, 6.07) is 9.58. The highest BCUT2D eigenvalue weighted by Gasteiger charge is 2.59. The first-order valence-corrected chi connectivity index (χ1v) is 28.5. The number of alkyl halides is 1. The number of carbonyl (C=O) groups is 4. The number of fused-ring (bicyclic) bond motifs is 2. The normalized spacial score (nSPS) is 16.0. The molecule has 0 bridgehead atoms. The predicted molar refractivity (Wildman–Crippen MR) is 291 cm³/mol. The summed E-state index contributed by atoms with van der Waals surface area (Å²) >= 11 is 15.7. The van der Waals surface area contributed by atoms with Crippen LogP contribution in [0.15, 0.2) is 43.7 Å². The number of carbonyl (C=O) groups excluding carboxylic acids is 4. The Morgan fingerprint density at radius 3 is 1.41 bits per heavy atom. The summed E-state index contributed by atoms with van der Waals surface area (Å²) in [5, 5.41) is 4.39. The molecule has 0 heterocycles. The summed E-state index contributed by atoms with van der Waals surface area (Å²) in [5.74, 6) is -2.39. The van der Waals surface area contributed by atoms with Crippen LogP contribution in [-0.4, -0.2) is 50.3 Å². The summed E-state index contributed by atoms with van der Waals surface area (Å²) in [6.07, 6.45) is 14.1. The molecule has 0 amide bonds. The lowest BCUT2D eigenvalue weighted by Crippen LogP contribution is -2.51. The average Bonchev–Trinajstić information content (AvgIpc) is 3.28. The first kappa shape index (κ1) is 56.4. The zero-order chi connectivity index (χ0) is 49.7. The lowest BCUT2D eigenvalue weighted by molar-refractivity contribution is -0.157. The van der Waals surface area contributed by atoms with Crippen LogP contribution >= 0.6 is 63.7 Å². The van der Waals surface area contributed by atoms with Gasteiger partial charge in [-0.1, -0.05) is 208 Å². The van der Waals surface area contributed by atoms with E-state index in [4.69, 9.17) is 18.9 Å². The molecule has 2 atom stereocenters. The van der Waals surface area contributed by atoms with Crippen LogP contribution in [-0.2, 0) is 37.7 Å². The van der Waals surface area contributed by atoms with E-state index < -0.39 is 34.1 Å². The second kappa shape index (κ2) is 26.8. The van der Waals surface area contributed by atoms with E-state index in [2.05, 4.69) is 119 Å². The molecule has 1 aliphatic carbocycles. The van der Waals surface area contributed by atoms with Gasteiger partial charge in [0.2, 0.25) is 0 Å². The highest BCUT2D eigenvalue weighted by Crippen LogP contribution is 2.56. The van der Waals surface area contributed by atoms with Crippen LogP contribution in [0, 0.1) is 29.6 Å². The van der Waals surface area contributed by atoms with Crippen LogP contribution in [0.3, 0.4) is 0 Å². The third-order valence-electron chi connectivity index (χ3n) is 13.1. The van der Waals surface area contributed by atoms with E-state index in [1.54, 1.807) is 6.07 Å². The summed E-state index contributed by atoms with van der Waals surface area (Å²) in [6.45, 7) is 17.9. The Balaban J connectivity index is 1.83. The van der Waals surface area contributed by atoms with Gasteiger partial charge < -0.3 is 18.9 Å². The van der Waals surface area contributed by atoms with Gasteiger partial charge in [-0.25, -0.2) is 9.59 Å². The van der Waals surface area contributed by atoms with Crippen molar-refractivity contribution >= 4 is 125 Å². The molecule has 0 aliphatic heterocycles. The van der Waals surface area contributed by atoms with E-state index >= 15 is 14.4 Å². The molecule has 5 rings (SSSR count). The first-order chi connectivity index (χ1) is 32.4. The lowest BCUT2D eigenvalue weighted by Gasteiger charge is -2.39. The Morgan fingerprint density at radius 1 is 0.500 bits per heavy atom. The number of hydrogen-bond acceptors (Lipinski definition) is 8. The molecule has 2 unspecified atom stereocenters. The van der Waals surface area contributed by atoms with Gasteiger partial charge in [0.1, 0.15) is 5.92 Å². The molecule has 0 saturated heterocycles. The number of ether oxygens (including phenoxy) is 4. The highest BCUT2D eigenvalue weighted by molar-refractivity contribution is 9.11. The fourth-order valence-corrected chi connectivity index (χ4v) is 12.1. The number of unbranched alkanes of at least 4 members (excludes halogenated alkanes) is 8. The maximum Gasteiger partial charge on any atom is 0.338 e. The first-order valence-electron chi connectivity index (χ1n) is 25.3. The Bertz CT molecular complexity index is 2440. The molecule has 0 spiro atoms. The summed E-state index contributed by atoms with van der Waals surface area (Å²) in [4.78, 5) is 60.9. The Labute approximate surface area is 439 Å². The van der Waals surface area contributed by atoms with Crippen LogP contribution in [0.4, 0.5) is 0 Å². The predicted octanol–water partition coefficient (Wildman–Crippen LogP) is 16.2. The molecular formula is C56H74Br4O8. The third kappa shape index (κ3) is 13.9. The molecule has 0 aromatic heterocycles. The minimum atomic E-state index is -2.03. The van der Waals surface area contributed by atoms with Gasteiger partial charge >= 0.3 is 23.9 Å². The largest absolute Gasteiger partial charge is 0.465 e. The molecule has 0 fully saturated rings. The molecule has 374 valence electrons. The van der Waals surface area contributed by atoms with Crippen molar-refractivity contribution in [3.8, 4) is 0 Å². The molecule has 8 nitrogen and oxygen atoms in total. The molecule has 0 N–H and O–H groups in total. The second-order valence-corrected chi connectivity index (χ2v) is 24.3. The van der Waals surface area contributed by atoms with Gasteiger partial charge in [-0.15, -0.1) is 0 Å². The number of benzene rings is 4. The Kier molecular flexibility index (Phi) is 22.2. The van der Waals surface area contributed by atoms with Gasteiger partial charge in [-0.05, 0) is 89.3 Å². The van der Waals surface area contributed by atoms with Gasteiger partial charge in [0.15, 0.2) is 4.32 Å². The van der Waals surface area contributed by atoms with Crippen molar-refractivity contribution in [3.05, 3.63) is 60.1 Å². The van der Waals surface area contributed by atoms with Crippen LogP contribution in [0.1, 0.15) is 174 Å². The SMILES string of the molecule is CC(C)CCCCCOC(=O)C1=c2c(C(=O)OCCCCCC(C)C)cc(Br)c3c2c(c2c(Br)ccc4ccc(Br)c3c42)C(Br)(C(=O)OCCCCCC(C)C)C1C(=O)OCCCCCC(C)C. The third-order valence-corrected chi connectivity index (χ3v) is 16.2. The van der Waals surface area contributed by atoms with E-state index in [1.807, 2.05) is 24.3 Å². The zero-order valence-corrected chi connectivity index (χ0v) is 48.0. The molecule has 4 aromatic rings. The second-order valence-electron chi connectivity index (χ2n) is 20.5. The van der Waals surface area contributed by atoms with Gasteiger partial charge in [0.05, 0.1) is 37.6 Å². The number of esters is 4. The van der Waals surface area contributed by atoms with Crippen molar-refractivity contribution in [1.29, 1.82) is 0 Å². The van der Waals surface area contributed by atoms with Gasteiger partial charge in [-0.2, -0.15) is 0 Å². The Hall–Kier alpha value is -2.54. The van der Waals surface area contributed by atoms with Gasteiger partial charge in [-0.3, -0.25) is 9.59 Å². The minimum Gasteiger partial charge on any atom is -0.465 e. The molecule has 68 heavy (non-hydrogen) atoms. The molecule has 1 aliphatic rings. The van der Waals surface area contributed by atoms with Crippen molar-refractivity contribution in [3.63, 3.8) is 0 Å². The van der Waals surface area contributed by atoms with E-state index in [0.29, 0.717) is 80.0 Å². The van der Waals surface area contributed by atoms with E-state index in [1.165, 1.54) is 0 Å². The van der Waals surface area contributed by atoms with Crippen LogP contribution in [0.5, 0.6) is 0 Å². The number of rotatable bonds is 28. The molecule has 0 saturated carbocycles. The van der Waals surface area contributed by atoms with Gasteiger partial charge in [0, 0.05) is 34.8 Å². The standard InChI is InChI=1S/C56H74Br4O8/c1-34(2)21-13-9-17-29-65-52(61)39-33-42(59)46-45-40(57)27-25-38-26-28-41(58)47(43(38)45)50-48(46)44(39)49(53(62)66-30-18-10-14-22-35(3)4)51(54(63)67-31-19-11-15-23-36(5)6)56(50,60)55(64)68-32-20-12-16-24-37(7)8/h25-28,33-37,51H,9-24,29-32H2,1-8H3. The van der Waals surface area contributed by atoms with Crippen molar-refractivity contribution in [2.24, 2.45) is 29.6 Å². The smallest absolute Gasteiger partial charge is 0.338 e. The van der Waals surface area contributed by atoms with Crippen molar-refractivity contribution in [1.82, 2.24) is 0 Å². The summed E-state index contributed by atoms with van der Waals surface area (Å²) in [7, 11) is 0. The van der Waals surface area contributed by atoms with Gasteiger partial charge in [0.25, 0.3) is 0 Å². The van der Waals surface area contributed by atoms with Crippen LogP contribution in [0.2, 0.25) is 0 Å². The molecule has 4 aromatic carbocycles. The molecule has 12 heteroatoms. The van der Waals surface area contributed by atoms with Crippen molar-refractivity contribution in [2.45, 2.75) is 162 Å². The summed E-state index contributed by atoms with van der Waals surface area (Å²) in [5.41, 5.74) is 0.332. The number of hydrogen-bond donors (Lipinski definition) is 0. The van der Waals surface area contributed by atoms with E-state index in [-0.39, 0.29) is 42.8 Å². The quantitative estimate of drug-likeness (QED) is 0.0138. The molecule has 0 radical (unpaired) electrons. The van der Waals surface area contributed by atoms with Crippen LogP contribution < -0.4 is 5.22 Å². The maximum absolute atomic E-state index is 15.5.